The summed E-state index contributed by atoms with van der Waals surface area (Å²) < 4.78 is 8.45. The Bertz CT molecular complexity index is 707. The van der Waals surface area contributed by atoms with E-state index in [1.54, 1.807) is 17.8 Å². The molecule has 3 rings (SSSR count). The Morgan fingerprint density at radius 3 is 2.82 bits per heavy atom. The molecule has 0 aliphatic heterocycles. The van der Waals surface area contributed by atoms with Crippen LogP contribution in [-0.4, -0.2) is 27.5 Å². The van der Waals surface area contributed by atoms with Gasteiger partial charge in [-0.05, 0) is 43.0 Å². The molecular formula is C16H17BrN2O3. The van der Waals surface area contributed by atoms with Crippen molar-refractivity contribution in [1.29, 1.82) is 0 Å². The molecule has 1 aliphatic carbocycles. The standard InChI is InChI=1S/C16H17BrN2O3/c1-19-14(8-13(18-19)16(20)21)12-7-11(17)5-6-15(12)22-9-10-3-2-4-10/h5-8,10H,2-4,9H2,1H3,(H,20,21). The van der Waals surface area contributed by atoms with E-state index < -0.39 is 5.97 Å². The smallest absolute Gasteiger partial charge is 0.356 e. The van der Waals surface area contributed by atoms with Crippen LogP contribution in [0.25, 0.3) is 11.3 Å². The van der Waals surface area contributed by atoms with Crippen molar-refractivity contribution in [2.24, 2.45) is 13.0 Å². The van der Waals surface area contributed by atoms with E-state index in [9.17, 15) is 4.79 Å². The summed E-state index contributed by atoms with van der Waals surface area (Å²) in [6.45, 7) is 0.707. The highest BCUT2D eigenvalue weighted by atomic mass is 79.9. The zero-order chi connectivity index (χ0) is 15.7. The molecule has 1 saturated carbocycles. The number of carboxylic acid groups (broad SMARTS) is 1. The van der Waals surface area contributed by atoms with Gasteiger partial charge in [-0.25, -0.2) is 4.79 Å². The van der Waals surface area contributed by atoms with E-state index >= 15 is 0 Å². The van der Waals surface area contributed by atoms with Crippen molar-refractivity contribution in [2.75, 3.05) is 6.61 Å². The van der Waals surface area contributed by atoms with Gasteiger partial charge in [-0.3, -0.25) is 4.68 Å². The number of benzene rings is 1. The molecule has 1 aliphatic rings. The third-order valence-corrected chi connectivity index (χ3v) is 4.51. The largest absolute Gasteiger partial charge is 0.493 e. The molecule has 0 atom stereocenters. The molecule has 0 amide bonds. The van der Waals surface area contributed by atoms with Crippen LogP contribution in [0.2, 0.25) is 0 Å². The highest BCUT2D eigenvalue weighted by Crippen LogP contribution is 2.34. The van der Waals surface area contributed by atoms with E-state index in [2.05, 4.69) is 21.0 Å². The van der Waals surface area contributed by atoms with Gasteiger partial charge >= 0.3 is 5.97 Å². The first kappa shape index (κ1) is 15.1. The van der Waals surface area contributed by atoms with Crippen molar-refractivity contribution >= 4 is 21.9 Å². The maximum Gasteiger partial charge on any atom is 0.356 e. The molecule has 0 unspecified atom stereocenters. The number of ether oxygens (including phenoxy) is 1. The molecule has 116 valence electrons. The van der Waals surface area contributed by atoms with Gasteiger partial charge in [0.1, 0.15) is 5.75 Å². The molecule has 0 spiro atoms. The molecule has 1 aromatic carbocycles. The number of aromatic carboxylic acids is 1. The number of rotatable bonds is 5. The van der Waals surface area contributed by atoms with Crippen molar-refractivity contribution in [3.63, 3.8) is 0 Å². The Morgan fingerprint density at radius 1 is 1.45 bits per heavy atom. The molecule has 0 radical (unpaired) electrons. The zero-order valence-electron chi connectivity index (χ0n) is 12.3. The molecule has 22 heavy (non-hydrogen) atoms. The highest BCUT2D eigenvalue weighted by molar-refractivity contribution is 9.10. The number of aromatic nitrogens is 2. The predicted octanol–water partition coefficient (Wildman–Crippen LogP) is 3.73. The number of carboxylic acids is 1. The van der Waals surface area contributed by atoms with E-state index in [-0.39, 0.29) is 5.69 Å². The van der Waals surface area contributed by atoms with Crippen LogP contribution in [0.3, 0.4) is 0 Å². The maximum absolute atomic E-state index is 11.1. The highest BCUT2D eigenvalue weighted by Gasteiger charge is 2.20. The lowest BCUT2D eigenvalue weighted by Crippen LogP contribution is -2.19. The van der Waals surface area contributed by atoms with E-state index in [1.165, 1.54) is 19.3 Å². The fraction of sp³-hybridized carbons (Fsp3) is 0.375. The normalized spacial score (nSPS) is 14.6. The van der Waals surface area contributed by atoms with Gasteiger partial charge in [0.25, 0.3) is 0 Å². The summed E-state index contributed by atoms with van der Waals surface area (Å²) in [4.78, 5) is 11.1. The monoisotopic (exact) mass is 364 g/mol. The molecule has 0 saturated heterocycles. The van der Waals surface area contributed by atoms with Crippen molar-refractivity contribution in [1.82, 2.24) is 9.78 Å². The van der Waals surface area contributed by atoms with Crippen LogP contribution in [0.1, 0.15) is 29.8 Å². The summed E-state index contributed by atoms with van der Waals surface area (Å²) in [5.41, 5.74) is 1.60. The van der Waals surface area contributed by atoms with E-state index in [4.69, 9.17) is 9.84 Å². The average Bonchev–Trinajstić information content (AvgIpc) is 2.81. The molecular weight excluding hydrogens is 348 g/mol. The molecule has 0 bridgehead atoms. The van der Waals surface area contributed by atoms with Crippen molar-refractivity contribution in [3.8, 4) is 17.0 Å². The van der Waals surface area contributed by atoms with Crippen molar-refractivity contribution in [3.05, 3.63) is 34.4 Å². The predicted molar refractivity (Wildman–Crippen MR) is 86.1 cm³/mol. The first-order chi connectivity index (χ1) is 10.5. The van der Waals surface area contributed by atoms with E-state index in [0.29, 0.717) is 12.5 Å². The summed E-state index contributed by atoms with van der Waals surface area (Å²) in [6, 6.07) is 7.33. The van der Waals surface area contributed by atoms with Crippen LogP contribution in [0.15, 0.2) is 28.7 Å². The first-order valence-electron chi connectivity index (χ1n) is 7.24. The van der Waals surface area contributed by atoms with Gasteiger partial charge in [-0.1, -0.05) is 22.4 Å². The third-order valence-electron chi connectivity index (χ3n) is 4.02. The quantitative estimate of drug-likeness (QED) is 0.877. The molecule has 5 nitrogen and oxygen atoms in total. The first-order valence-corrected chi connectivity index (χ1v) is 8.04. The number of hydrogen-bond donors (Lipinski definition) is 1. The maximum atomic E-state index is 11.1. The molecule has 1 heterocycles. The minimum atomic E-state index is -1.03. The molecule has 1 fully saturated rings. The number of carbonyl (C=O) groups is 1. The number of hydrogen-bond acceptors (Lipinski definition) is 3. The van der Waals surface area contributed by atoms with Crippen LogP contribution in [0, 0.1) is 5.92 Å². The Morgan fingerprint density at radius 2 is 2.23 bits per heavy atom. The summed E-state index contributed by atoms with van der Waals surface area (Å²) in [5.74, 6) is 0.362. The summed E-state index contributed by atoms with van der Waals surface area (Å²) in [5, 5.41) is 13.1. The number of aryl methyl sites for hydroxylation is 1. The van der Waals surface area contributed by atoms with Gasteiger partial charge in [-0.2, -0.15) is 5.10 Å². The van der Waals surface area contributed by atoms with Crippen LogP contribution >= 0.6 is 15.9 Å². The SMILES string of the molecule is Cn1nc(C(=O)O)cc1-c1cc(Br)ccc1OCC1CCC1. The topological polar surface area (TPSA) is 64.4 Å². The lowest BCUT2D eigenvalue weighted by atomic mass is 9.86. The lowest BCUT2D eigenvalue weighted by Gasteiger charge is -2.25. The van der Waals surface area contributed by atoms with E-state index in [1.807, 2.05) is 18.2 Å². The molecule has 2 aromatic rings. The van der Waals surface area contributed by atoms with E-state index in [0.717, 1.165) is 21.5 Å². The Labute approximate surface area is 137 Å². The van der Waals surface area contributed by atoms with Gasteiger partial charge in [0.2, 0.25) is 0 Å². The molecule has 1 N–H and O–H groups in total. The zero-order valence-corrected chi connectivity index (χ0v) is 13.8. The Kier molecular flexibility index (Phi) is 4.20. The fourth-order valence-electron chi connectivity index (χ4n) is 2.52. The van der Waals surface area contributed by atoms with Crippen molar-refractivity contribution < 1.29 is 14.6 Å². The molecule has 1 aromatic heterocycles. The Balaban J connectivity index is 1.93. The van der Waals surface area contributed by atoms with Crippen LogP contribution in [-0.2, 0) is 7.05 Å². The van der Waals surface area contributed by atoms with Gasteiger partial charge in [0.15, 0.2) is 5.69 Å². The second-order valence-electron chi connectivity index (χ2n) is 5.59. The second-order valence-corrected chi connectivity index (χ2v) is 6.51. The molecule has 6 heteroatoms. The van der Waals surface area contributed by atoms with Gasteiger partial charge < -0.3 is 9.84 Å². The minimum Gasteiger partial charge on any atom is -0.493 e. The van der Waals surface area contributed by atoms with Crippen molar-refractivity contribution in [2.45, 2.75) is 19.3 Å². The fourth-order valence-corrected chi connectivity index (χ4v) is 2.88. The number of halogens is 1. The van der Waals surface area contributed by atoms with Crippen LogP contribution in [0.4, 0.5) is 0 Å². The van der Waals surface area contributed by atoms with Crippen LogP contribution < -0.4 is 4.74 Å². The van der Waals surface area contributed by atoms with Gasteiger partial charge in [0, 0.05) is 17.1 Å². The van der Waals surface area contributed by atoms with Gasteiger partial charge in [-0.15, -0.1) is 0 Å². The number of nitrogens with zero attached hydrogens (tertiary/aromatic N) is 2. The second kappa shape index (κ2) is 6.12. The third kappa shape index (κ3) is 3.02. The van der Waals surface area contributed by atoms with Gasteiger partial charge in [0.05, 0.1) is 12.3 Å². The summed E-state index contributed by atoms with van der Waals surface area (Å²) in [7, 11) is 1.73. The average molecular weight is 365 g/mol. The summed E-state index contributed by atoms with van der Waals surface area (Å²) in [6.07, 6.45) is 3.73. The van der Waals surface area contributed by atoms with Crippen LogP contribution in [0.5, 0.6) is 5.75 Å². The Hall–Kier alpha value is -1.82. The minimum absolute atomic E-state index is 0.0300. The summed E-state index contributed by atoms with van der Waals surface area (Å²) >= 11 is 3.46. The lowest BCUT2D eigenvalue weighted by molar-refractivity contribution is 0.0689.